The number of sulfonamides is 1. The lowest BCUT2D eigenvalue weighted by Crippen LogP contribution is -2.40. The molecule has 0 saturated carbocycles. The van der Waals surface area contributed by atoms with Crippen LogP contribution < -0.4 is 0 Å². The molecule has 1 atom stereocenters. The maximum Gasteiger partial charge on any atom is 0.248 e. The van der Waals surface area contributed by atoms with E-state index in [9.17, 15) is 8.42 Å². The van der Waals surface area contributed by atoms with Crippen molar-refractivity contribution in [3.05, 3.63) is 11.5 Å². The zero-order chi connectivity index (χ0) is 14.0. The van der Waals surface area contributed by atoms with Gasteiger partial charge in [0, 0.05) is 19.0 Å². The van der Waals surface area contributed by atoms with Crippen LogP contribution in [-0.4, -0.2) is 36.8 Å². The van der Waals surface area contributed by atoms with Crippen molar-refractivity contribution in [2.24, 2.45) is 5.92 Å². The molecule has 1 saturated heterocycles. The zero-order valence-corrected chi connectivity index (χ0v) is 12.8. The van der Waals surface area contributed by atoms with Gasteiger partial charge in [-0.25, -0.2) is 8.42 Å². The molecule has 0 amide bonds. The van der Waals surface area contributed by atoms with Crippen molar-refractivity contribution in [1.29, 1.82) is 0 Å². The molecule has 2 rings (SSSR count). The summed E-state index contributed by atoms with van der Waals surface area (Å²) >= 11 is 5.75. The summed E-state index contributed by atoms with van der Waals surface area (Å²) in [5, 5.41) is 3.73. The molecular weight excluding hydrogens is 288 g/mol. The third kappa shape index (κ3) is 2.95. The third-order valence-corrected chi connectivity index (χ3v) is 5.89. The topological polar surface area (TPSA) is 63.4 Å². The molecule has 5 nitrogen and oxygen atoms in total. The van der Waals surface area contributed by atoms with Gasteiger partial charge in [0.15, 0.2) is 5.76 Å². The molecule has 0 radical (unpaired) electrons. The van der Waals surface area contributed by atoms with Gasteiger partial charge in [-0.3, -0.25) is 0 Å². The molecule has 0 aromatic carbocycles. The Balaban J connectivity index is 2.25. The molecular formula is C12H19ClN2O3S. The number of hydrogen-bond acceptors (Lipinski definition) is 4. The van der Waals surface area contributed by atoms with Crippen LogP contribution in [0.1, 0.15) is 30.7 Å². The Labute approximate surface area is 118 Å². The van der Waals surface area contributed by atoms with E-state index in [0.29, 0.717) is 36.3 Å². The summed E-state index contributed by atoms with van der Waals surface area (Å²) in [6.07, 6.45) is 2.78. The van der Waals surface area contributed by atoms with E-state index in [1.807, 2.05) is 0 Å². The molecule has 1 aliphatic rings. The van der Waals surface area contributed by atoms with Crippen molar-refractivity contribution < 1.29 is 12.9 Å². The van der Waals surface area contributed by atoms with Crippen molar-refractivity contribution in [3.63, 3.8) is 0 Å². The normalized spacial score (nSPS) is 21.7. The Morgan fingerprint density at radius 3 is 2.79 bits per heavy atom. The van der Waals surface area contributed by atoms with Gasteiger partial charge in [-0.2, -0.15) is 4.31 Å². The van der Waals surface area contributed by atoms with Crippen molar-refractivity contribution in [1.82, 2.24) is 9.46 Å². The van der Waals surface area contributed by atoms with E-state index in [2.05, 4.69) is 5.16 Å². The largest absolute Gasteiger partial charge is 0.360 e. The van der Waals surface area contributed by atoms with E-state index in [1.165, 1.54) is 0 Å². The van der Waals surface area contributed by atoms with Gasteiger partial charge in [0.1, 0.15) is 10.6 Å². The zero-order valence-electron chi connectivity index (χ0n) is 11.2. The summed E-state index contributed by atoms with van der Waals surface area (Å²) in [6, 6.07) is 0. The predicted octanol–water partition coefficient (Wildman–Crippen LogP) is 2.32. The van der Waals surface area contributed by atoms with E-state index in [4.69, 9.17) is 16.1 Å². The number of rotatable bonds is 4. The molecule has 2 heterocycles. The lowest BCUT2D eigenvalue weighted by Gasteiger charge is -2.31. The smallest absolute Gasteiger partial charge is 0.248 e. The van der Waals surface area contributed by atoms with E-state index in [0.717, 1.165) is 19.3 Å². The van der Waals surface area contributed by atoms with Crippen LogP contribution in [0.5, 0.6) is 0 Å². The summed E-state index contributed by atoms with van der Waals surface area (Å²) in [4.78, 5) is 0.221. The van der Waals surface area contributed by atoms with Gasteiger partial charge < -0.3 is 4.52 Å². The molecule has 1 aromatic rings. The molecule has 1 unspecified atom stereocenters. The molecule has 0 bridgehead atoms. The van der Waals surface area contributed by atoms with Crippen LogP contribution in [0.3, 0.4) is 0 Å². The Bertz CT molecular complexity index is 520. The maximum absolute atomic E-state index is 12.6. The van der Waals surface area contributed by atoms with Crippen molar-refractivity contribution in [2.45, 2.75) is 38.0 Å². The summed E-state index contributed by atoms with van der Waals surface area (Å²) in [5.74, 6) is 1.28. The van der Waals surface area contributed by atoms with E-state index in [-0.39, 0.29) is 4.90 Å². The van der Waals surface area contributed by atoms with Crippen LogP contribution >= 0.6 is 11.6 Å². The van der Waals surface area contributed by atoms with Gasteiger partial charge >= 0.3 is 0 Å². The molecule has 7 heteroatoms. The molecule has 0 spiro atoms. The van der Waals surface area contributed by atoms with E-state index < -0.39 is 10.0 Å². The highest BCUT2D eigenvalue weighted by molar-refractivity contribution is 7.89. The minimum atomic E-state index is -3.50. The van der Waals surface area contributed by atoms with Gasteiger partial charge in [-0.15, -0.1) is 11.6 Å². The van der Waals surface area contributed by atoms with Crippen LogP contribution in [0, 0.1) is 19.8 Å². The van der Waals surface area contributed by atoms with Gasteiger partial charge in [-0.05, 0) is 39.0 Å². The number of halogens is 1. The first kappa shape index (κ1) is 14.8. The van der Waals surface area contributed by atoms with Crippen LogP contribution in [0.4, 0.5) is 0 Å². The fourth-order valence-corrected chi connectivity index (χ4v) is 4.76. The third-order valence-electron chi connectivity index (χ3n) is 3.56. The first-order valence-corrected chi connectivity index (χ1v) is 8.43. The summed E-state index contributed by atoms with van der Waals surface area (Å²) in [6.45, 7) is 4.39. The Kier molecular flexibility index (Phi) is 4.53. The Hall–Kier alpha value is -0.590. The van der Waals surface area contributed by atoms with Crippen LogP contribution in [0.15, 0.2) is 9.42 Å². The SMILES string of the molecule is Cc1noc(C)c1S(=O)(=O)N1CCCC(CCCl)C1. The lowest BCUT2D eigenvalue weighted by atomic mass is 9.97. The van der Waals surface area contributed by atoms with E-state index >= 15 is 0 Å². The first-order chi connectivity index (χ1) is 8.96. The van der Waals surface area contributed by atoms with Gasteiger partial charge in [0.25, 0.3) is 0 Å². The molecule has 1 fully saturated rings. The lowest BCUT2D eigenvalue weighted by molar-refractivity contribution is 0.262. The number of nitrogens with zero attached hydrogens (tertiary/aromatic N) is 2. The number of alkyl halides is 1. The standard InChI is InChI=1S/C12H19ClN2O3S/c1-9-12(10(2)18-14-9)19(16,17)15-7-3-4-11(8-15)5-6-13/h11H,3-8H2,1-2H3. The molecule has 1 aromatic heterocycles. The minimum absolute atomic E-state index is 0.221. The molecule has 108 valence electrons. The second-order valence-corrected chi connectivity index (χ2v) is 7.26. The minimum Gasteiger partial charge on any atom is -0.360 e. The number of piperidine rings is 1. The molecule has 19 heavy (non-hydrogen) atoms. The molecule has 0 aliphatic carbocycles. The molecule has 0 N–H and O–H groups in total. The Morgan fingerprint density at radius 2 is 2.21 bits per heavy atom. The number of aryl methyl sites for hydroxylation is 2. The van der Waals surface area contributed by atoms with E-state index in [1.54, 1.807) is 18.2 Å². The van der Waals surface area contributed by atoms with Crippen LogP contribution in [0.2, 0.25) is 0 Å². The molecule has 1 aliphatic heterocycles. The van der Waals surface area contributed by atoms with Crippen LogP contribution in [0.25, 0.3) is 0 Å². The summed E-state index contributed by atoms with van der Waals surface area (Å²) in [5.41, 5.74) is 0.428. The fourth-order valence-electron chi connectivity index (χ4n) is 2.61. The van der Waals surface area contributed by atoms with Crippen molar-refractivity contribution >= 4 is 21.6 Å². The first-order valence-electron chi connectivity index (χ1n) is 6.45. The average molecular weight is 307 g/mol. The number of aromatic nitrogens is 1. The number of hydrogen-bond donors (Lipinski definition) is 0. The summed E-state index contributed by atoms with van der Waals surface area (Å²) in [7, 11) is -3.50. The quantitative estimate of drug-likeness (QED) is 0.801. The highest BCUT2D eigenvalue weighted by Gasteiger charge is 2.34. The van der Waals surface area contributed by atoms with Gasteiger partial charge in [0.2, 0.25) is 10.0 Å². The summed E-state index contributed by atoms with van der Waals surface area (Å²) < 4.78 is 31.8. The van der Waals surface area contributed by atoms with Gasteiger partial charge in [-0.1, -0.05) is 5.16 Å². The van der Waals surface area contributed by atoms with Gasteiger partial charge in [0.05, 0.1) is 0 Å². The Morgan fingerprint density at radius 1 is 1.47 bits per heavy atom. The highest BCUT2D eigenvalue weighted by atomic mass is 35.5. The maximum atomic E-state index is 12.6. The van der Waals surface area contributed by atoms with Crippen molar-refractivity contribution in [3.8, 4) is 0 Å². The van der Waals surface area contributed by atoms with Crippen molar-refractivity contribution in [2.75, 3.05) is 19.0 Å². The fraction of sp³-hybridized carbons (Fsp3) is 0.750. The second kappa shape index (κ2) is 5.81. The monoisotopic (exact) mass is 306 g/mol. The highest BCUT2D eigenvalue weighted by Crippen LogP contribution is 2.28. The second-order valence-electron chi connectivity index (χ2n) is 5.00. The average Bonchev–Trinajstić information content (AvgIpc) is 2.70. The van der Waals surface area contributed by atoms with Crippen LogP contribution in [-0.2, 0) is 10.0 Å². The predicted molar refractivity (Wildman–Crippen MR) is 72.8 cm³/mol.